The molecule has 1 aliphatic heterocycles. The van der Waals surface area contributed by atoms with Gasteiger partial charge >= 0.3 is 5.97 Å². The second-order valence-corrected chi connectivity index (χ2v) is 4.90. The van der Waals surface area contributed by atoms with Crippen molar-refractivity contribution in [2.45, 2.75) is 13.3 Å². The molecular weight excluding hydrogens is 244 g/mol. The maximum atomic E-state index is 10.8. The molecule has 0 aliphatic carbocycles. The lowest BCUT2D eigenvalue weighted by molar-refractivity contribution is 0.0696. The van der Waals surface area contributed by atoms with Crippen LogP contribution in [0.2, 0.25) is 0 Å². The molecule has 1 aromatic rings. The fourth-order valence-electron chi connectivity index (χ4n) is 2.35. The van der Waals surface area contributed by atoms with Gasteiger partial charge in [-0.25, -0.2) is 9.78 Å². The summed E-state index contributed by atoms with van der Waals surface area (Å²) in [5.74, 6) is 0.153. The normalized spacial score (nSPS) is 19.5. The Bertz CT molecular complexity index is 464. The largest absolute Gasteiger partial charge is 0.478 e. The molecule has 1 atom stereocenters. The summed E-state index contributed by atoms with van der Waals surface area (Å²) in [5.41, 5.74) is 6.29. The molecule has 0 bridgehead atoms. The second-order valence-electron chi connectivity index (χ2n) is 4.90. The van der Waals surface area contributed by atoms with Gasteiger partial charge in [0.15, 0.2) is 0 Å². The number of likely N-dealkylation sites (tertiary alicyclic amines) is 1. The highest BCUT2D eigenvalue weighted by molar-refractivity contribution is 5.89. The Hall–Kier alpha value is -1.82. The maximum absolute atomic E-state index is 10.8. The van der Waals surface area contributed by atoms with Crippen LogP contribution in [0.25, 0.3) is 0 Å². The van der Waals surface area contributed by atoms with Crippen molar-refractivity contribution in [1.29, 1.82) is 0 Å². The molecule has 104 valence electrons. The second kappa shape index (κ2) is 5.88. The van der Waals surface area contributed by atoms with Gasteiger partial charge < -0.3 is 21.1 Å². The average molecular weight is 264 g/mol. The van der Waals surface area contributed by atoms with Gasteiger partial charge in [-0.2, -0.15) is 0 Å². The van der Waals surface area contributed by atoms with Crippen LogP contribution in [0.3, 0.4) is 0 Å². The Morgan fingerprint density at radius 2 is 2.47 bits per heavy atom. The third kappa shape index (κ3) is 3.35. The van der Waals surface area contributed by atoms with Gasteiger partial charge in [-0.1, -0.05) is 6.92 Å². The summed E-state index contributed by atoms with van der Waals surface area (Å²) in [6, 6.07) is 1.44. The van der Waals surface area contributed by atoms with Crippen LogP contribution in [0.5, 0.6) is 0 Å². The minimum absolute atomic E-state index is 0.112. The summed E-state index contributed by atoms with van der Waals surface area (Å²) >= 11 is 0. The monoisotopic (exact) mass is 264 g/mol. The van der Waals surface area contributed by atoms with E-state index in [0.717, 1.165) is 26.2 Å². The van der Waals surface area contributed by atoms with Crippen molar-refractivity contribution in [2.24, 2.45) is 5.92 Å². The van der Waals surface area contributed by atoms with Crippen molar-refractivity contribution < 1.29 is 9.90 Å². The number of hydrogen-bond donors (Lipinski definition) is 3. The highest BCUT2D eigenvalue weighted by Gasteiger charge is 2.21. The molecule has 6 heteroatoms. The van der Waals surface area contributed by atoms with Crippen LogP contribution < -0.4 is 11.1 Å². The van der Waals surface area contributed by atoms with Crippen LogP contribution in [-0.2, 0) is 0 Å². The standard InChI is InChI=1S/C13H20N4O2/c1-2-17-4-3-9(8-17)6-15-12-11(14)5-10(7-16-12)13(18)19/h5,7,9H,2-4,6,8,14H2,1H3,(H,15,16)(H,18,19). The van der Waals surface area contributed by atoms with E-state index >= 15 is 0 Å². The van der Waals surface area contributed by atoms with E-state index in [1.807, 2.05) is 0 Å². The van der Waals surface area contributed by atoms with Crippen molar-refractivity contribution in [3.05, 3.63) is 17.8 Å². The highest BCUT2D eigenvalue weighted by Crippen LogP contribution is 2.20. The van der Waals surface area contributed by atoms with Crippen LogP contribution in [0.1, 0.15) is 23.7 Å². The van der Waals surface area contributed by atoms with Crippen molar-refractivity contribution >= 4 is 17.5 Å². The van der Waals surface area contributed by atoms with E-state index in [4.69, 9.17) is 10.8 Å². The van der Waals surface area contributed by atoms with Gasteiger partial charge in [-0.3, -0.25) is 0 Å². The predicted molar refractivity (Wildman–Crippen MR) is 74.3 cm³/mol. The van der Waals surface area contributed by atoms with Crippen LogP contribution >= 0.6 is 0 Å². The number of anilines is 2. The first kappa shape index (κ1) is 13.6. The minimum atomic E-state index is -1.01. The van der Waals surface area contributed by atoms with Gasteiger partial charge in [0.1, 0.15) is 5.82 Å². The van der Waals surface area contributed by atoms with Crippen molar-refractivity contribution in [3.8, 4) is 0 Å². The van der Waals surface area contributed by atoms with Crippen LogP contribution in [0, 0.1) is 5.92 Å². The molecule has 4 N–H and O–H groups in total. The zero-order valence-corrected chi connectivity index (χ0v) is 11.1. The smallest absolute Gasteiger partial charge is 0.337 e. The summed E-state index contributed by atoms with van der Waals surface area (Å²) in [5, 5.41) is 12.0. The van der Waals surface area contributed by atoms with E-state index in [9.17, 15) is 4.79 Å². The number of nitrogens with two attached hydrogens (primary N) is 1. The molecule has 2 heterocycles. The number of carboxylic acid groups (broad SMARTS) is 1. The lowest BCUT2D eigenvalue weighted by Crippen LogP contribution is -2.23. The van der Waals surface area contributed by atoms with Crippen LogP contribution in [0.15, 0.2) is 12.3 Å². The maximum Gasteiger partial charge on any atom is 0.337 e. The third-order valence-electron chi connectivity index (χ3n) is 3.54. The molecule has 1 aromatic heterocycles. The number of aromatic nitrogens is 1. The molecule has 1 unspecified atom stereocenters. The summed E-state index contributed by atoms with van der Waals surface area (Å²) in [7, 11) is 0. The number of rotatable bonds is 5. The number of aromatic carboxylic acids is 1. The SMILES string of the molecule is CCN1CCC(CNc2ncc(C(=O)O)cc2N)C1. The predicted octanol–water partition coefficient (Wildman–Crippen LogP) is 1.12. The number of nitrogens with zero attached hydrogens (tertiary/aromatic N) is 2. The molecule has 1 fully saturated rings. The zero-order valence-electron chi connectivity index (χ0n) is 11.1. The molecule has 0 spiro atoms. The Morgan fingerprint density at radius 3 is 3.05 bits per heavy atom. The molecule has 19 heavy (non-hydrogen) atoms. The molecule has 0 aromatic carbocycles. The van der Waals surface area contributed by atoms with E-state index in [1.54, 1.807) is 0 Å². The van der Waals surface area contributed by atoms with Gasteiger partial charge in [-0.15, -0.1) is 0 Å². The Kier molecular flexibility index (Phi) is 4.21. The minimum Gasteiger partial charge on any atom is -0.478 e. The van der Waals surface area contributed by atoms with Crippen molar-refractivity contribution in [1.82, 2.24) is 9.88 Å². The third-order valence-corrected chi connectivity index (χ3v) is 3.54. The number of pyridine rings is 1. The highest BCUT2D eigenvalue weighted by atomic mass is 16.4. The molecule has 0 amide bonds. The first-order valence-electron chi connectivity index (χ1n) is 6.55. The fraction of sp³-hybridized carbons (Fsp3) is 0.538. The van der Waals surface area contributed by atoms with Gasteiger partial charge in [0.05, 0.1) is 11.3 Å². The van der Waals surface area contributed by atoms with E-state index in [1.165, 1.54) is 18.7 Å². The average Bonchev–Trinajstić information content (AvgIpc) is 2.85. The Balaban J connectivity index is 1.91. The molecule has 0 radical (unpaired) electrons. The number of hydrogen-bond acceptors (Lipinski definition) is 5. The van der Waals surface area contributed by atoms with E-state index in [0.29, 0.717) is 17.4 Å². The Labute approximate surface area is 112 Å². The summed E-state index contributed by atoms with van der Waals surface area (Å²) in [6.45, 7) is 6.31. The number of nitrogens with one attached hydrogen (secondary N) is 1. The lowest BCUT2D eigenvalue weighted by atomic mass is 10.1. The van der Waals surface area contributed by atoms with Gasteiger partial charge in [-0.05, 0) is 31.5 Å². The lowest BCUT2D eigenvalue weighted by Gasteiger charge is -2.15. The van der Waals surface area contributed by atoms with Crippen molar-refractivity contribution in [2.75, 3.05) is 37.2 Å². The quantitative estimate of drug-likeness (QED) is 0.738. The van der Waals surface area contributed by atoms with Gasteiger partial charge in [0, 0.05) is 19.3 Å². The molecule has 1 saturated heterocycles. The number of carbonyl (C=O) groups is 1. The van der Waals surface area contributed by atoms with Crippen LogP contribution in [0.4, 0.5) is 11.5 Å². The van der Waals surface area contributed by atoms with E-state index in [2.05, 4.69) is 22.1 Å². The first-order valence-corrected chi connectivity index (χ1v) is 6.55. The molecule has 2 rings (SSSR count). The molecular formula is C13H20N4O2. The van der Waals surface area contributed by atoms with Crippen molar-refractivity contribution in [3.63, 3.8) is 0 Å². The van der Waals surface area contributed by atoms with Gasteiger partial charge in [0.25, 0.3) is 0 Å². The van der Waals surface area contributed by atoms with E-state index < -0.39 is 5.97 Å². The summed E-state index contributed by atoms with van der Waals surface area (Å²) in [6.07, 6.45) is 2.50. The van der Waals surface area contributed by atoms with Gasteiger partial charge in [0.2, 0.25) is 0 Å². The summed E-state index contributed by atoms with van der Waals surface area (Å²) < 4.78 is 0. The zero-order chi connectivity index (χ0) is 13.8. The van der Waals surface area contributed by atoms with Crippen LogP contribution in [-0.4, -0.2) is 47.1 Å². The summed E-state index contributed by atoms with van der Waals surface area (Å²) in [4.78, 5) is 17.3. The molecule has 1 aliphatic rings. The Morgan fingerprint density at radius 1 is 1.68 bits per heavy atom. The number of carboxylic acids is 1. The first-order chi connectivity index (χ1) is 9.10. The van der Waals surface area contributed by atoms with E-state index in [-0.39, 0.29) is 5.56 Å². The topological polar surface area (TPSA) is 91.5 Å². The fourth-order valence-corrected chi connectivity index (χ4v) is 2.35. The molecule has 0 saturated carbocycles. The molecule has 6 nitrogen and oxygen atoms in total. The number of nitrogen functional groups attached to an aromatic ring is 1.